The number of halogens is 2. The number of fused-ring (bicyclic) bond motifs is 3. The number of amides is 2. The maximum atomic E-state index is 13.8. The highest BCUT2D eigenvalue weighted by Crippen LogP contribution is 2.44. The average molecular weight is 470 g/mol. The van der Waals surface area contributed by atoms with Gasteiger partial charge in [0, 0.05) is 12.3 Å². The summed E-state index contributed by atoms with van der Waals surface area (Å²) in [7, 11) is 0. The van der Waals surface area contributed by atoms with Crippen molar-refractivity contribution >= 4 is 18.0 Å². The van der Waals surface area contributed by atoms with Crippen molar-refractivity contribution in [3.8, 4) is 11.1 Å². The van der Waals surface area contributed by atoms with Gasteiger partial charge in [0.2, 0.25) is 5.91 Å². The van der Waals surface area contributed by atoms with Crippen molar-refractivity contribution < 1.29 is 33.0 Å². The van der Waals surface area contributed by atoms with E-state index in [4.69, 9.17) is 4.74 Å². The molecule has 4 rings (SSSR count). The van der Waals surface area contributed by atoms with Crippen molar-refractivity contribution in [2.45, 2.75) is 36.8 Å². The molecule has 178 valence electrons. The van der Waals surface area contributed by atoms with Gasteiger partial charge in [-0.2, -0.15) is 0 Å². The Balaban J connectivity index is 1.45. The minimum Gasteiger partial charge on any atom is -0.480 e. The van der Waals surface area contributed by atoms with Crippen LogP contribution < -0.4 is 5.32 Å². The molecular weight excluding hydrogens is 446 g/mol. The first kappa shape index (κ1) is 23.4. The van der Waals surface area contributed by atoms with Crippen molar-refractivity contribution in [1.82, 2.24) is 10.2 Å². The third-order valence-electron chi connectivity index (χ3n) is 6.17. The minimum atomic E-state index is -3.32. The average Bonchev–Trinajstić information content (AvgIpc) is 3.31. The third-order valence-corrected chi connectivity index (χ3v) is 6.17. The zero-order valence-electron chi connectivity index (χ0n) is 18.2. The van der Waals surface area contributed by atoms with Crippen LogP contribution >= 0.6 is 0 Å². The van der Waals surface area contributed by atoms with Gasteiger partial charge in [-0.25, -0.2) is 18.4 Å². The molecule has 1 saturated heterocycles. The number of hydrogen-bond donors (Lipinski definition) is 2. The Labute approximate surface area is 195 Å². The fourth-order valence-electron chi connectivity index (χ4n) is 4.64. The number of carboxylic acid groups (broad SMARTS) is 1. The fraction of sp³-hybridized carbons (Fsp3) is 0.320. The van der Waals surface area contributed by atoms with E-state index in [0.717, 1.165) is 22.3 Å². The molecule has 2 aromatic carbocycles. The molecule has 9 heteroatoms. The second-order valence-electron chi connectivity index (χ2n) is 8.43. The zero-order chi connectivity index (χ0) is 24.5. The number of aliphatic carboxylic acids is 1. The molecule has 2 aromatic rings. The number of ether oxygens (including phenoxy) is 1. The summed E-state index contributed by atoms with van der Waals surface area (Å²) in [6, 6.07) is 12.7. The van der Waals surface area contributed by atoms with E-state index in [1.54, 1.807) is 0 Å². The van der Waals surface area contributed by atoms with Crippen molar-refractivity contribution in [3.05, 3.63) is 72.3 Å². The molecule has 2 amide bonds. The maximum absolute atomic E-state index is 13.8. The van der Waals surface area contributed by atoms with Gasteiger partial charge in [0.25, 0.3) is 5.92 Å². The van der Waals surface area contributed by atoms with Gasteiger partial charge >= 0.3 is 12.1 Å². The Hall–Kier alpha value is -3.75. The number of rotatable bonds is 7. The van der Waals surface area contributed by atoms with Crippen LogP contribution in [0.1, 0.15) is 29.9 Å². The lowest BCUT2D eigenvalue weighted by atomic mass is 9.98. The van der Waals surface area contributed by atoms with Crippen LogP contribution in [0.2, 0.25) is 0 Å². The maximum Gasteiger partial charge on any atom is 0.407 e. The Morgan fingerprint density at radius 3 is 2.29 bits per heavy atom. The van der Waals surface area contributed by atoms with Crippen LogP contribution in [0.3, 0.4) is 0 Å². The topological polar surface area (TPSA) is 95.9 Å². The first-order chi connectivity index (χ1) is 16.2. The van der Waals surface area contributed by atoms with Gasteiger partial charge in [0.1, 0.15) is 18.7 Å². The first-order valence-corrected chi connectivity index (χ1v) is 10.9. The molecule has 1 fully saturated rings. The molecule has 7 nitrogen and oxygen atoms in total. The molecule has 34 heavy (non-hydrogen) atoms. The molecule has 2 unspecified atom stereocenters. The highest BCUT2D eigenvalue weighted by atomic mass is 19.3. The summed E-state index contributed by atoms with van der Waals surface area (Å²) in [6.45, 7) is 2.51. The molecule has 2 aliphatic rings. The Morgan fingerprint density at radius 2 is 1.74 bits per heavy atom. The van der Waals surface area contributed by atoms with E-state index < -0.39 is 48.9 Å². The van der Waals surface area contributed by atoms with Crippen molar-refractivity contribution in [2.75, 3.05) is 13.2 Å². The molecule has 0 bridgehead atoms. The quantitative estimate of drug-likeness (QED) is 0.601. The van der Waals surface area contributed by atoms with E-state index in [2.05, 4.69) is 11.9 Å². The van der Waals surface area contributed by atoms with E-state index in [-0.39, 0.29) is 18.9 Å². The van der Waals surface area contributed by atoms with E-state index in [0.29, 0.717) is 4.90 Å². The molecular formula is C25H24F2N2O5. The van der Waals surface area contributed by atoms with Crippen LogP contribution in [0, 0.1) is 0 Å². The molecule has 2 N–H and O–H groups in total. The van der Waals surface area contributed by atoms with Gasteiger partial charge in [-0.15, -0.1) is 6.58 Å². The van der Waals surface area contributed by atoms with E-state index in [9.17, 15) is 28.3 Å². The molecule has 1 aliphatic heterocycles. The second-order valence-corrected chi connectivity index (χ2v) is 8.43. The minimum absolute atomic E-state index is 0.00833. The molecule has 2 atom stereocenters. The van der Waals surface area contributed by atoms with Crippen LogP contribution in [-0.4, -0.2) is 59.1 Å². The zero-order valence-corrected chi connectivity index (χ0v) is 18.2. The molecule has 1 aliphatic carbocycles. The number of alkyl halides is 2. The number of nitrogens with zero attached hydrogens (tertiary/aromatic N) is 1. The van der Waals surface area contributed by atoms with Crippen LogP contribution in [0.4, 0.5) is 13.6 Å². The van der Waals surface area contributed by atoms with Crippen molar-refractivity contribution in [1.29, 1.82) is 0 Å². The van der Waals surface area contributed by atoms with Crippen LogP contribution in [0.15, 0.2) is 61.2 Å². The Morgan fingerprint density at radius 1 is 1.15 bits per heavy atom. The Bertz CT molecular complexity index is 1090. The number of hydrogen-bond acceptors (Lipinski definition) is 4. The SMILES string of the molecule is C=CCC(NC(=O)OCC1c2ccccc2-c2ccccc21)C(=O)N1CC(F)(F)CC1C(=O)O. The molecule has 0 spiro atoms. The second kappa shape index (κ2) is 9.24. The van der Waals surface area contributed by atoms with E-state index in [1.807, 2.05) is 48.5 Å². The smallest absolute Gasteiger partial charge is 0.407 e. The number of likely N-dealkylation sites (tertiary alicyclic amines) is 1. The largest absolute Gasteiger partial charge is 0.480 e. The van der Waals surface area contributed by atoms with E-state index >= 15 is 0 Å². The van der Waals surface area contributed by atoms with Crippen molar-refractivity contribution in [3.63, 3.8) is 0 Å². The standard InChI is InChI=1S/C25H24F2N2O5/c1-2-7-20(22(30)29-14-25(26,27)12-21(29)23(31)32)28-24(33)34-13-19-17-10-5-3-8-15(17)16-9-4-6-11-18(16)19/h2-6,8-11,19-21H,1,7,12-14H2,(H,28,33)(H,31,32). The number of nitrogens with one attached hydrogen (secondary N) is 1. The normalized spacial score (nSPS) is 19.1. The summed E-state index contributed by atoms with van der Waals surface area (Å²) in [5.41, 5.74) is 4.14. The van der Waals surface area contributed by atoms with Crippen molar-refractivity contribution in [2.24, 2.45) is 0 Å². The number of carbonyl (C=O) groups excluding carboxylic acids is 2. The fourth-order valence-corrected chi connectivity index (χ4v) is 4.64. The molecule has 0 saturated carbocycles. The highest BCUT2D eigenvalue weighted by Gasteiger charge is 2.51. The summed E-state index contributed by atoms with van der Waals surface area (Å²) in [6.07, 6.45) is -0.604. The number of alkyl carbamates (subject to hydrolysis) is 1. The van der Waals surface area contributed by atoms with Crippen LogP contribution in [-0.2, 0) is 14.3 Å². The summed E-state index contributed by atoms with van der Waals surface area (Å²) in [5.74, 6) is -5.95. The van der Waals surface area contributed by atoms with Gasteiger partial charge in [0.15, 0.2) is 0 Å². The van der Waals surface area contributed by atoms with Gasteiger partial charge in [0.05, 0.1) is 6.54 Å². The summed E-state index contributed by atoms with van der Waals surface area (Å²) >= 11 is 0. The first-order valence-electron chi connectivity index (χ1n) is 10.9. The van der Waals surface area contributed by atoms with E-state index in [1.165, 1.54) is 6.08 Å². The molecule has 0 radical (unpaired) electrons. The van der Waals surface area contributed by atoms with Gasteiger partial charge in [-0.1, -0.05) is 54.6 Å². The lowest BCUT2D eigenvalue weighted by molar-refractivity contribution is -0.148. The molecule has 1 heterocycles. The van der Waals surface area contributed by atoms with Crippen LogP contribution in [0.5, 0.6) is 0 Å². The van der Waals surface area contributed by atoms with Gasteiger partial charge in [-0.05, 0) is 28.7 Å². The van der Waals surface area contributed by atoms with Gasteiger partial charge < -0.3 is 20.1 Å². The lowest BCUT2D eigenvalue weighted by Gasteiger charge is -2.26. The monoisotopic (exact) mass is 470 g/mol. The van der Waals surface area contributed by atoms with Crippen LogP contribution in [0.25, 0.3) is 11.1 Å². The predicted octanol–water partition coefficient (Wildman–Crippen LogP) is 3.79. The number of benzene rings is 2. The number of carboxylic acids is 1. The third kappa shape index (κ3) is 4.50. The summed E-state index contributed by atoms with van der Waals surface area (Å²) in [4.78, 5) is 37.4. The lowest BCUT2D eigenvalue weighted by Crippen LogP contribution is -2.52. The van der Waals surface area contributed by atoms with Gasteiger partial charge in [-0.3, -0.25) is 4.79 Å². The Kier molecular flexibility index (Phi) is 6.37. The highest BCUT2D eigenvalue weighted by molar-refractivity contribution is 5.90. The molecule has 0 aromatic heterocycles. The summed E-state index contributed by atoms with van der Waals surface area (Å²) < 4.78 is 33.1. The predicted molar refractivity (Wildman–Crippen MR) is 120 cm³/mol. The number of carbonyl (C=O) groups is 3. The summed E-state index contributed by atoms with van der Waals surface area (Å²) in [5, 5.41) is 11.7.